The quantitative estimate of drug-likeness (QED) is 0.620. The van der Waals surface area contributed by atoms with Crippen LogP contribution in [-0.2, 0) is 6.42 Å². The highest BCUT2D eigenvalue weighted by atomic mass is 16.5. The van der Waals surface area contributed by atoms with E-state index in [0.29, 0.717) is 19.1 Å². The largest absolute Gasteiger partial charge is 0.485 e. The first-order valence-corrected chi connectivity index (χ1v) is 5.83. The summed E-state index contributed by atoms with van der Waals surface area (Å²) in [6, 6.07) is 4.30. The molecular weight excluding hydrogens is 200 g/mol. The van der Waals surface area contributed by atoms with E-state index in [0.717, 1.165) is 23.5 Å². The van der Waals surface area contributed by atoms with Gasteiger partial charge in [-0.1, -0.05) is 13.5 Å². The molecule has 3 rings (SSSR count). The Morgan fingerprint density at radius 1 is 1.19 bits per heavy atom. The third-order valence-electron chi connectivity index (χ3n) is 3.45. The van der Waals surface area contributed by atoms with Gasteiger partial charge in [-0.3, -0.25) is 0 Å². The SMILES string of the molecule is C=C1COc2cc3c(cc2OC1)C(C)CC3. The maximum Gasteiger partial charge on any atom is 0.161 e. The van der Waals surface area contributed by atoms with Crippen LogP contribution in [-0.4, -0.2) is 13.2 Å². The number of hydrogen-bond donors (Lipinski definition) is 0. The molecule has 0 radical (unpaired) electrons. The number of fused-ring (bicyclic) bond motifs is 2. The van der Waals surface area contributed by atoms with Crippen LogP contribution in [0.4, 0.5) is 0 Å². The Hall–Kier alpha value is -1.44. The predicted molar refractivity (Wildman–Crippen MR) is 63.3 cm³/mol. The summed E-state index contributed by atoms with van der Waals surface area (Å²) in [5.74, 6) is 2.41. The number of benzene rings is 1. The number of rotatable bonds is 0. The standard InChI is InChI=1S/C14H16O2/c1-9-7-15-13-5-11-4-3-10(2)12(11)6-14(13)16-8-9/h5-6,10H,1,3-4,7-8H2,2H3. The molecule has 1 aliphatic carbocycles. The van der Waals surface area contributed by atoms with Gasteiger partial charge >= 0.3 is 0 Å². The van der Waals surface area contributed by atoms with Crippen molar-refractivity contribution in [2.45, 2.75) is 25.7 Å². The van der Waals surface area contributed by atoms with E-state index in [1.54, 1.807) is 0 Å². The zero-order valence-electron chi connectivity index (χ0n) is 9.58. The lowest BCUT2D eigenvalue weighted by Gasteiger charge is -2.11. The molecule has 1 aromatic carbocycles. The van der Waals surface area contributed by atoms with Gasteiger partial charge in [0.2, 0.25) is 0 Å². The van der Waals surface area contributed by atoms with Gasteiger partial charge in [0.1, 0.15) is 13.2 Å². The van der Waals surface area contributed by atoms with E-state index >= 15 is 0 Å². The van der Waals surface area contributed by atoms with Gasteiger partial charge in [-0.25, -0.2) is 0 Å². The normalized spacial score (nSPS) is 22.8. The monoisotopic (exact) mass is 216 g/mol. The number of hydrogen-bond acceptors (Lipinski definition) is 2. The summed E-state index contributed by atoms with van der Waals surface area (Å²) in [4.78, 5) is 0. The van der Waals surface area contributed by atoms with Crippen molar-refractivity contribution < 1.29 is 9.47 Å². The summed E-state index contributed by atoms with van der Waals surface area (Å²) in [5.41, 5.74) is 3.83. The van der Waals surface area contributed by atoms with E-state index in [2.05, 4.69) is 25.6 Å². The number of ether oxygens (including phenoxy) is 2. The molecule has 0 N–H and O–H groups in total. The van der Waals surface area contributed by atoms with Crippen LogP contribution in [0, 0.1) is 0 Å². The Morgan fingerprint density at radius 2 is 1.88 bits per heavy atom. The summed E-state index contributed by atoms with van der Waals surface area (Å²) in [7, 11) is 0. The average molecular weight is 216 g/mol. The van der Waals surface area contributed by atoms with Crippen LogP contribution in [0.2, 0.25) is 0 Å². The Morgan fingerprint density at radius 3 is 2.62 bits per heavy atom. The van der Waals surface area contributed by atoms with Crippen LogP contribution in [0.25, 0.3) is 0 Å². The molecule has 0 saturated carbocycles. The highest BCUT2D eigenvalue weighted by Gasteiger charge is 2.23. The van der Waals surface area contributed by atoms with Crippen molar-refractivity contribution in [2.24, 2.45) is 0 Å². The molecule has 0 amide bonds. The van der Waals surface area contributed by atoms with Crippen molar-refractivity contribution in [3.8, 4) is 11.5 Å². The van der Waals surface area contributed by atoms with E-state index in [4.69, 9.17) is 9.47 Å². The Labute approximate surface area is 95.9 Å². The highest BCUT2D eigenvalue weighted by Crippen LogP contribution is 2.41. The lowest BCUT2D eigenvalue weighted by Crippen LogP contribution is -2.02. The minimum absolute atomic E-state index is 0.570. The Bertz CT molecular complexity index is 448. The number of aryl methyl sites for hydroxylation is 1. The van der Waals surface area contributed by atoms with E-state index < -0.39 is 0 Å². The molecular formula is C14H16O2. The van der Waals surface area contributed by atoms with Gasteiger partial charge in [0.05, 0.1) is 0 Å². The lowest BCUT2D eigenvalue weighted by molar-refractivity contribution is 0.354. The maximum atomic E-state index is 5.71. The molecule has 2 aliphatic rings. The van der Waals surface area contributed by atoms with Gasteiger partial charge in [0, 0.05) is 0 Å². The second-order valence-corrected chi connectivity index (χ2v) is 4.76. The first kappa shape index (κ1) is 9.76. The van der Waals surface area contributed by atoms with Crippen molar-refractivity contribution in [3.63, 3.8) is 0 Å². The molecule has 0 fully saturated rings. The zero-order valence-corrected chi connectivity index (χ0v) is 9.58. The predicted octanol–water partition coefficient (Wildman–Crippen LogP) is 3.06. The molecule has 0 bridgehead atoms. The first-order chi connectivity index (χ1) is 7.74. The highest BCUT2D eigenvalue weighted by molar-refractivity contribution is 5.51. The molecule has 16 heavy (non-hydrogen) atoms. The fourth-order valence-electron chi connectivity index (χ4n) is 2.45. The van der Waals surface area contributed by atoms with Gasteiger partial charge in [-0.15, -0.1) is 0 Å². The third kappa shape index (κ3) is 1.49. The Balaban J connectivity index is 2.04. The fourth-order valence-corrected chi connectivity index (χ4v) is 2.45. The van der Waals surface area contributed by atoms with Crippen molar-refractivity contribution >= 4 is 0 Å². The zero-order chi connectivity index (χ0) is 11.1. The molecule has 1 unspecified atom stereocenters. The molecule has 2 nitrogen and oxygen atoms in total. The van der Waals surface area contributed by atoms with E-state index in [1.165, 1.54) is 17.5 Å². The summed E-state index contributed by atoms with van der Waals surface area (Å²) in [5, 5.41) is 0. The molecule has 84 valence electrons. The van der Waals surface area contributed by atoms with E-state index in [-0.39, 0.29) is 0 Å². The van der Waals surface area contributed by atoms with Crippen molar-refractivity contribution in [1.29, 1.82) is 0 Å². The van der Waals surface area contributed by atoms with Crippen LogP contribution in [0.5, 0.6) is 11.5 Å². The van der Waals surface area contributed by atoms with E-state index in [1.807, 2.05) is 0 Å². The minimum atomic E-state index is 0.570. The van der Waals surface area contributed by atoms with Crippen LogP contribution >= 0.6 is 0 Å². The van der Waals surface area contributed by atoms with Crippen LogP contribution in [0.3, 0.4) is 0 Å². The topological polar surface area (TPSA) is 18.5 Å². The lowest BCUT2D eigenvalue weighted by atomic mass is 10.0. The molecule has 1 aromatic rings. The smallest absolute Gasteiger partial charge is 0.161 e. The second-order valence-electron chi connectivity index (χ2n) is 4.76. The average Bonchev–Trinajstić information content (AvgIpc) is 2.53. The van der Waals surface area contributed by atoms with Crippen molar-refractivity contribution in [1.82, 2.24) is 0 Å². The van der Waals surface area contributed by atoms with E-state index in [9.17, 15) is 0 Å². The van der Waals surface area contributed by atoms with Gasteiger partial charge in [0.15, 0.2) is 11.5 Å². The summed E-state index contributed by atoms with van der Waals surface area (Å²) in [6.45, 7) is 7.31. The van der Waals surface area contributed by atoms with Gasteiger partial charge in [-0.05, 0) is 47.6 Å². The van der Waals surface area contributed by atoms with Gasteiger partial charge < -0.3 is 9.47 Å². The van der Waals surface area contributed by atoms with Crippen molar-refractivity contribution in [3.05, 3.63) is 35.4 Å². The van der Waals surface area contributed by atoms with Gasteiger partial charge in [-0.2, -0.15) is 0 Å². The third-order valence-corrected chi connectivity index (χ3v) is 3.45. The van der Waals surface area contributed by atoms with Crippen LogP contribution < -0.4 is 9.47 Å². The maximum absolute atomic E-state index is 5.71. The van der Waals surface area contributed by atoms with Crippen LogP contribution in [0.1, 0.15) is 30.4 Å². The minimum Gasteiger partial charge on any atom is -0.485 e. The summed E-state index contributed by atoms with van der Waals surface area (Å²) >= 11 is 0. The molecule has 1 atom stereocenters. The summed E-state index contributed by atoms with van der Waals surface area (Å²) < 4.78 is 11.4. The molecule has 2 heteroatoms. The molecule has 0 spiro atoms. The molecule has 1 heterocycles. The molecule has 0 saturated heterocycles. The molecule has 1 aliphatic heterocycles. The first-order valence-electron chi connectivity index (χ1n) is 5.83. The fraction of sp³-hybridized carbons (Fsp3) is 0.429. The molecule has 0 aromatic heterocycles. The summed E-state index contributed by atoms with van der Waals surface area (Å²) in [6.07, 6.45) is 2.40. The van der Waals surface area contributed by atoms with Gasteiger partial charge in [0.25, 0.3) is 0 Å². The Kier molecular flexibility index (Phi) is 2.16. The van der Waals surface area contributed by atoms with Crippen molar-refractivity contribution in [2.75, 3.05) is 13.2 Å². The van der Waals surface area contributed by atoms with Crippen LogP contribution in [0.15, 0.2) is 24.3 Å². The second kappa shape index (κ2) is 3.55.